The highest BCUT2D eigenvalue weighted by Gasteiger charge is 2.72. The Hall–Kier alpha value is -0.940. The zero-order valence-corrected chi connectivity index (χ0v) is 15.5. The third-order valence-corrected chi connectivity index (χ3v) is 4.20. The van der Waals surface area contributed by atoms with Crippen LogP contribution in [0.2, 0.25) is 0 Å². The van der Waals surface area contributed by atoms with E-state index in [-0.39, 0.29) is 5.41 Å². The lowest BCUT2D eigenvalue weighted by molar-refractivity contribution is -0.273. The molecule has 0 spiro atoms. The van der Waals surface area contributed by atoms with E-state index in [0.29, 0.717) is 0 Å². The topological polar surface area (TPSA) is 57.2 Å². The molecule has 0 saturated carbocycles. The van der Waals surface area contributed by atoms with E-state index in [4.69, 9.17) is 0 Å². The summed E-state index contributed by atoms with van der Waals surface area (Å²) in [6.45, 7) is 6.03. The molecule has 0 radical (unpaired) electrons. The maximum Gasteiger partial charge on any atom is 0.402 e. The molecule has 0 heterocycles. The van der Waals surface area contributed by atoms with E-state index < -0.39 is 34.1 Å². The molecule has 25 heavy (non-hydrogen) atoms. The Balaban J connectivity index is 0.000000472. The molecule has 0 bridgehead atoms. The quantitative estimate of drug-likeness (QED) is 0.432. The number of hydrogen-bond acceptors (Lipinski definition) is 3. The van der Waals surface area contributed by atoms with Gasteiger partial charge >= 0.3 is 17.1 Å². The molecular formula is C14H18F6O3S2. The van der Waals surface area contributed by atoms with Gasteiger partial charge in [0.15, 0.2) is 10.1 Å². The second-order valence-electron chi connectivity index (χ2n) is 6.26. The van der Waals surface area contributed by atoms with E-state index in [1.165, 1.54) is 5.56 Å². The number of halogens is 6. The Labute approximate surface area is 147 Å². The molecule has 0 aliphatic rings. The molecule has 0 N–H and O–H groups in total. The Kier molecular flexibility index (Phi) is 7.08. The first kappa shape index (κ1) is 24.1. The van der Waals surface area contributed by atoms with Crippen molar-refractivity contribution in [3.05, 3.63) is 29.8 Å². The lowest BCUT2D eigenvalue weighted by Crippen LogP contribution is -2.56. The van der Waals surface area contributed by atoms with E-state index >= 15 is 0 Å². The number of alkyl halides is 6. The summed E-state index contributed by atoms with van der Waals surface area (Å²) in [6.07, 6.45) is 0. The normalized spacial score (nSPS) is 13.9. The molecule has 11 heteroatoms. The summed E-state index contributed by atoms with van der Waals surface area (Å²) >= 11 is 3.46. The summed E-state index contributed by atoms with van der Waals surface area (Å²) < 4.78 is 101. The van der Waals surface area contributed by atoms with Crippen LogP contribution in [0.3, 0.4) is 0 Å². The Morgan fingerprint density at radius 1 is 0.880 bits per heavy atom. The number of rotatable bonds is 3. The van der Waals surface area contributed by atoms with Crippen molar-refractivity contribution in [3.63, 3.8) is 0 Å². The predicted molar refractivity (Wildman–Crippen MR) is 83.8 cm³/mol. The molecular weight excluding hydrogens is 394 g/mol. The van der Waals surface area contributed by atoms with Crippen molar-refractivity contribution < 1.29 is 39.3 Å². The van der Waals surface area contributed by atoms with Gasteiger partial charge in [-0.25, -0.2) is 8.42 Å². The van der Waals surface area contributed by atoms with Crippen molar-refractivity contribution in [3.8, 4) is 0 Å². The molecule has 1 aromatic rings. The Morgan fingerprint density at radius 2 is 1.24 bits per heavy atom. The van der Waals surface area contributed by atoms with Crippen LogP contribution in [0.4, 0.5) is 26.3 Å². The number of hydrogen-bond donors (Lipinski definition) is 0. The van der Waals surface area contributed by atoms with Crippen molar-refractivity contribution in [2.24, 2.45) is 0 Å². The molecule has 0 unspecified atom stereocenters. The van der Waals surface area contributed by atoms with Crippen molar-refractivity contribution in [1.29, 1.82) is 0 Å². The second-order valence-corrected chi connectivity index (χ2v) is 8.26. The van der Waals surface area contributed by atoms with Gasteiger partial charge in [0.2, 0.25) is 0 Å². The van der Waals surface area contributed by atoms with Crippen LogP contribution in [0.5, 0.6) is 0 Å². The second kappa shape index (κ2) is 7.36. The average molecular weight is 412 g/mol. The molecule has 0 atom stereocenters. The molecule has 0 aromatic heterocycles. The van der Waals surface area contributed by atoms with Crippen molar-refractivity contribution in [2.45, 2.75) is 55.1 Å². The van der Waals surface area contributed by atoms with Crippen LogP contribution < -0.4 is 0 Å². The zero-order chi connectivity index (χ0) is 20.5. The minimum absolute atomic E-state index is 0.264. The molecule has 0 amide bonds. The lowest BCUT2D eigenvalue weighted by atomic mass is 9.87. The molecule has 3 nitrogen and oxygen atoms in total. The molecule has 1 rings (SSSR count). The monoisotopic (exact) mass is 412 g/mol. The van der Waals surface area contributed by atoms with E-state index in [0.717, 1.165) is 4.90 Å². The average Bonchev–Trinajstić information content (AvgIpc) is 2.35. The highest BCUT2D eigenvalue weighted by atomic mass is 32.2. The maximum atomic E-state index is 12.1. The van der Waals surface area contributed by atoms with Crippen LogP contribution in [-0.2, 0) is 28.2 Å². The van der Waals surface area contributed by atoms with E-state index in [1.54, 1.807) is 0 Å². The zero-order valence-electron chi connectivity index (χ0n) is 13.7. The molecule has 0 aliphatic heterocycles. The molecule has 0 fully saturated rings. The van der Waals surface area contributed by atoms with Gasteiger partial charge in [-0.15, -0.1) is 0 Å². The molecule has 0 aliphatic carbocycles. The minimum Gasteiger partial charge on any atom is -0.743 e. The van der Waals surface area contributed by atoms with Gasteiger partial charge in [-0.3, -0.25) is 0 Å². The van der Waals surface area contributed by atoms with Gasteiger partial charge in [0.05, 0.1) is 0 Å². The first-order valence-corrected chi connectivity index (χ1v) is 8.57. The highest BCUT2D eigenvalue weighted by molar-refractivity contribution is 7.86. The maximum absolute atomic E-state index is 12.1. The van der Waals surface area contributed by atoms with Crippen LogP contribution in [-0.4, -0.2) is 30.1 Å². The van der Waals surface area contributed by atoms with Crippen LogP contribution in [0.1, 0.15) is 33.3 Å². The van der Waals surface area contributed by atoms with Gasteiger partial charge in [-0.1, -0.05) is 32.9 Å². The summed E-state index contributed by atoms with van der Waals surface area (Å²) in [5.41, 5.74) is 1.64. The number of benzene rings is 1. The predicted octanol–water partition coefficient (Wildman–Crippen LogP) is 3.77. The van der Waals surface area contributed by atoms with Gasteiger partial charge in [0, 0.05) is 6.92 Å². The third kappa shape index (κ3) is 5.78. The highest BCUT2D eigenvalue weighted by Crippen LogP contribution is 2.47. The summed E-state index contributed by atoms with van der Waals surface area (Å²) in [5, 5.41) is -6.35. The van der Waals surface area contributed by atoms with Gasteiger partial charge in [-0.05, 0) is 35.7 Å². The van der Waals surface area contributed by atoms with Crippen molar-refractivity contribution in [1.82, 2.24) is 0 Å². The van der Waals surface area contributed by atoms with Crippen molar-refractivity contribution in [2.75, 3.05) is 0 Å². The van der Waals surface area contributed by atoms with Gasteiger partial charge in [0.1, 0.15) is 4.90 Å². The summed E-state index contributed by atoms with van der Waals surface area (Å²) in [4.78, 5) is 1.14. The Morgan fingerprint density at radius 3 is 1.44 bits per heavy atom. The molecule has 0 saturated heterocycles. The van der Waals surface area contributed by atoms with E-state index in [9.17, 15) is 39.3 Å². The largest absolute Gasteiger partial charge is 0.743 e. The summed E-state index contributed by atoms with van der Waals surface area (Å²) in [6, 6.07) is 8.47. The fourth-order valence-electron chi connectivity index (χ4n) is 1.38. The minimum atomic E-state index is -6.86. The smallest absolute Gasteiger partial charge is 0.402 e. The SMILES string of the molecule is CC(C)(C)c1ccc([SH2+])cc1.CC(F)(F)C(F)(F)C(F)(F)S(=O)(=O)[O-]. The fourth-order valence-corrected chi connectivity index (χ4v) is 2.04. The van der Waals surface area contributed by atoms with Crippen LogP contribution in [0.15, 0.2) is 29.2 Å². The van der Waals surface area contributed by atoms with Gasteiger partial charge in [0.25, 0.3) is 0 Å². The van der Waals surface area contributed by atoms with Crippen LogP contribution in [0, 0.1) is 0 Å². The van der Waals surface area contributed by atoms with E-state index in [1.807, 2.05) is 0 Å². The fraction of sp³-hybridized carbons (Fsp3) is 0.571. The van der Waals surface area contributed by atoms with Crippen LogP contribution in [0.25, 0.3) is 0 Å². The third-order valence-electron chi connectivity index (χ3n) is 2.98. The lowest BCUT2D eigenvalue weighted by Gasteiger charge is -2.31. The van der Waals surface area contributed by atoms with Gasteiger partial charge < -0.3 is 4.55 Å². The first-order chi connectivity index (χ1) is 10.7. The standard InChI is InChI=1S/C10H14S.C4H4F6O3S/c1-10(2,3)8-4-6-9(11)7-5-8;1-2(5,6)3(7,8)4(9,10)14(11,12)13/h4-7,11H,1-3H3;1H3,(H,11,12,13). The van der Waals surface area contributed by atoms with E-state index in [2.05, 4.69) is 57.7 Å². The Bertz CT molecular complexity index is 674. The van der Waals surface area contributed by atoms with Crippen molar-refractivity contribution >= 4 is 22.7 Å². The molecule has 1 aromatic carbocycles. The van der Waals surface area contributed by atoms with Gasteiger partial charge in [-0.2, -0.15) is 26.3 Å². The summed E-state index contributed by atoms with van der Waals surface area (Å²) in [5.74, 6) is -11.6. The summed E-state index contributed by atoms with van der Waals surface area (Å²) in [7, 11) is -6.86. The van der Waals surface area contributed by atoms with Crippen LogP contribution >= 0.6 is 0 Å². The molecule has 146 valence electrons. The first-order valence-electron chi connectivity index (χ1n) is 6.66.